The molecule has 3 fully saturated rings. The van der Waals surface area contributed by atoms with Crippen LogP contribution in [0.5, 0.6) is 0 Å². The van der Waals surface area contributed by atoms with Gasteiger partial charge in [-0.2, -0.15) is 0 Å². The molecule has 1 aromatic carbocycles. The van der Waals surface area contributed by atoms with Crippen molar-refractivity contribution >= 4 is 5.97 Å². The van der Waals surface area contributed by atoms with Gasteiger partial charge in [0.15, 0.2) is 0 Å². The van der Waals surface area contributed by atoms with Crippen LogP contribution >= 0.6 is 0 Å². The summed E-state index contributed by atoms with van der Waals surface area (Å²) in [6.45, 7) is 0. The SMILES string of the molecule is O=C1OC2CC1(c1cc(F)ccc1F)C2. The lowest BCUT2D eigenvalue weighted by molar-refractivity contribution is -0.139. The van der Waals surface area contributed by atoms with Gasteiger partial charge in [-0.05, 0) is 18.2 Å². The quantitative estimate of drug-likeness (QED) is 0.662. The molecule has 2 aliphatic heterocycles. The molecule has 0 amide bonds. The minimum Gasteiger partial charge on any atom is -0.462 e. The fraction of sp³-hybridized carbons (Fsp3) is 0.364. The number of esters is 1. The lowest BCUT2D eigenvalue weighted by atomic mass is 9.65. The number of fused-ring (bicyclic) bond motifs is 1. The first-order valence-corrected chi connectivity index (χ1v) is 4.78. The van der Waals surface area contributed by atoms with E-state index in [0.29, 0.717) is 12.8 Å². The fourth-order valence-electron chi connectivity index (χ4n) is 2.43. The van der Waals surface area contributed by atoms with Crippen LogP contribution in [0, 0.1) is 11.6 Å². The van der Waals surface area contributed by atoms with Crippen molar-refractivity contribution in [3.8, 4) is 0 Å². The summed E-state index contributed by atoms with van der Waals surface area (Å²) in [5.74, 6) is -1.48. The maximum absolute atomic E-state index is 13.5. The summed E-state index contributed by atoms with van der Waals surface area (Å²) in [4.78, 5) is 11.5. The van der Waals surface area contributed by atoms with Crippen molar-refractivity contribution in [3.63, 3.8) is 0 Å². The summed E-state index contributed by atoms with van der Waals surface area (Å²) in [7, 11) is 0. The monoisotopic (exact) mass is 210 g/mol. The van der Waals surface area contributed by atoms with Crippen molar-refractivity contribution in [2.24, 2.45) is 0 Å². The molecule has 0 unspecified atom stereocenters. The van der Waals surface area contributed by atoms with Crippen LogP contribution in [-0.4, -0.2) is 12.1 Å². The molecular weight excluding hydrogens is 202 g/mol. The first-order chi connectivity index (χ1) is 7.12. The zero-order valence-corrected chi connectivity index (χ0v) is 7.80. The molecule has 2 saturated heterocycles. The Bertz CT molecular complexity index is 450. The molecular formula is C11H8F2O2. The molecule has 0 spiro atoms. The van der Waals surface area contributed by atoms with Gasteiger partial charge in [0.2, 0.25) is 0 Å². The van der Waals surface area contributed by atoms with E-state index < -0.39 is 23.0 Å². The van der Waals surface area contributed by atoms with Gasteiger partial charge < -0.3 is 4.74 Å². The summed E-state index contributed by atoms with van der Waals surface area (Å²) < 4.78 is 31.4. The predicted octanol–water partition coefficient (Wildman–Crippen LogP) is 1.92. The van der Waals surface area contributed by atoms with Crippen LogP contribution in [-0.2, 0) is 14.9 Å². The first kappa shape index (κ1) is 8.83. The van der Waals surface area contributed by atoms with Crippen molar-refractivity contribution in [2.45, 2.75) is 24.4 Å². The van der Waals surface area contributed by atoms with Crippen LogP contribution < -0.4 is 0 Å². The second kappa shape index (κ2) is 2.56. The highest BCUT2D eigenvalue weighted by Gasteiger charge is 2.62. The molecule has 2 bridgehead atoms. The molecule has 3 aliphatic rings. The van der Waals surface area contributed by atoms with Gasteiger partial charge in [-0.3, -0.25) is 4.79 Å². The molecule has 4 heteroatoms. The number of halogens is 2. The summed E-state index contributed by atoms with van der Waals surface area (Å²) in [6.07, 6.45) is 0.860. The molecule has 15 heavy (non-hydrogen) atoms. The van der Waals surface area contributed by atoms with Crippen molar-refractivity contribution in [1.29, 1.82) is 0 Å². The highest BCUT2D eigenvalue weighted by atomic mass is 19.1. The summed E-state index contributed by atoms with van der Waals surface area (Å²) in [6, 6.07) is 3.20. The molecule has 0 atom stereocenters. The highest BCUT2D eigenvalue weighted by Crippen LogP contribution is 2.53. The number of carbonyl (C=O) groups excluding carboxylic acids is 1. The van der Waals surface area contributed by atoms with E-state index >= 15 is 0 Å². The van der Waals surface area contributed by atoms with Crippen molar-refractivity contribution in [3.05, 3.63) is 35.4 Å². The number of carbonyl (C=O) groups is 1. The Morgan fingerprint density at radius 1 is 1.33 bits per heavy atom. The van der Waals surface area contributed by atoms with Gasteiger partial charge >= 0.3 is 5.97 Å². The molecule has 0 N–H and O–H groups in total. The van der Waals surface area contributed by atoms with E-state index in [4.69, 9.17) is 4.74 Å². The Morgan fingerprint density at radius 2 is 2.07 bits per heavy atom. The summed E-state index contributed by atoms with van der Waals surface area (Å²) in [5, 5.41) is 0. The zero-order valence-electron chi connectivity index (χ0n) is 7.80. The molecule has 78 valence electrons. The Labute approximate surface area is 84.9 Å². The Morgan fingerprint density at radius 3 is 2.67 bits per heavy atom. The first-order valence-electron chi connectivity index (χ1n) is 4.78. The van der Waals surface area contributed by atoms with Crippen LogP contribution in [0.15, 0.2) is 18.2 Å². The lowest BCUT2D eigenvalue weighted by Gasteiger charge is -2.32. The van der Waals surface area contributed by atoms with Crippen LogP contribution in [0.25, 0.3) is 0 Å². The minimum atomic E-state index is -0.906. The number of rotatable bonds is 1. The number of benzene rings is 1. The average Bonchev–Trinajstić information content (AvgIpc) is 2.61. The molecule has 2 nitrogen and oxygen atoms in total. The summed E-state index contributed by atoms with van der Waals surface area (Å²) in [5.41, 5.74) is -0.766. The van der Waals surface area contributed by atoms with E-state index in [0.717, 1.165) is 18.2 Å². The molecule has 0 radical (unpaired) electrons. The number of ether oxygens (including phenoxy) is 1. The van der Waals surface area contributed by atoms with Crippen molar-refractivity contribution < 1.29 is 18.3 Å². The normalized spacial score (nSPS) is 32.4. The Balaban J connectivity index is 2.13. The van der Waals surface area contributed by atoms with Crippen LogP contribution in [0.1, 0.15) is 18.4 Å². The minimum absolute atomic E-state index is 0.0971. The zero-order chi connectivity index (χ0) is 10.6. The standard InChI is InChI=1S/C11H8F2O2/c12-6-1-2-9(13)8(3-6)11-4-7(5-11)15-10(11)14/h1-3,7H,4-5H2. The Hall–Kier alpha value is -1.45. The van der Waals surface area contributed by atoms with E-state index in [2.05, 4.69) is 0 Å². The van der Waals surface area contributed by atoms with E-state index in [9.17, 15) is 13.6 Å². The van der Waals surface area contributed by atoms with Gasteiger partial charge in [0.05, 0.1) is 0 Å². The number of hydrogen-bond donors (Lipinski definition) is 0. The van der Waals surface area contributed by atoms with Crippen molar-refractivity contribution in [1.82, 2.24) is 0 Å². The Kier molecular flexibility index (Phi) is 1.51. The van der Waals surface area contributed by atoms with Gasteiger partial charge in [0.25, 0.3) is 0 Å². The largest absolute Gasteiger partial charge is 0.462 e. The van der Waals surface area contributed by atoms with Gasteiger partial charge in [-0.25, -0.2) is 8.78 Å². The van der Waals surface area contributed by atoms with Gasteiger partial charge in [-0.15, -0.1) is 0 Å². The third kappa shape index (κ3) is 0.991. The van der Waals surface area contributed by atoms with Crippen LogP contribution in [0.3, 0.4) is 0 Å². The number of hydrogen-bond acceptors (Lipinski definition) is 2. The topological polar surface area (TPSA) is 26.3 Å². The molecule has 1 aromatic rings. The second-order valence-electron chi connectivity index (χ2n) is 4.14. The third-order valence-electron chi connectivity index (χ3n) is 3.26. The van der Waals surface area contributed by atoms with Gasteiger partial charge in [0, 0.05) is 18.4 Å². The maximum Gasteiger partial charge on any atom is 0.317 e. The fourth-order valence-corrected chi connectivity index (χ4v) is 2.43. The summed E-state index contributed by atoms with van der Waals surface area (Å²) >= 11 is 0. The smallest absolute Gasteiger partial charge is 0.317 e. The van der Waals surface area contributed by atoms with Crippen LogP contribution in [0.2, 0.25) is 0 Å². The highest BCUT2D eigenvalue weighted by molar-refractivity contribution is 5.88. The molecule has 1 aliphatic carbocycles. The second-order valence-corrected chi connectivity index (χ2v) is 4.14. The van der Waals surface area contributed by atoms with Gasteiger partial charge in [0.1, 0.15) is 23.2 Å². The predicted molar refractivity (Wildman–Crippen MR) is 47.2 cm³/mol. The van der Waals surface area contributed by atoms with Crippen LogP contribution in [0.4, 0.5) is 8.78 Å². The molecule has 0 aromatic heterocycles. The van der Waals surface area contributed by atoms with E-state index in [-0.39, 0.29) is 11.7 Å². The molecule has 2 heterocycles. The molecule has 1 saturated carbocycles. The van der Waals surface area contributed by atoms with E-state index in [1.54, 1.807) is 0 Å². The molecule has 4 rings (SSSR count). The lowest BCUT2D eigenvalue weighted by Crippen LogP contribution is -2.40. The van der Waals surface area contributed by atoms with E-state index in [1.807, 2.05) is 0 Å². The third-order valence-corrected chi connectivity index (χ3v) is 3.26. The average molecular weight is 210 g/mol. The maximum atomic E-state index is 13.5. The van der Waals surface area contributed by atoms with Crippen molar-refractivity contribution in [2.75, 3.05) is 0 Å². The van der Waals surface area contributed by atoms with Gasteiger partial charge in [-0.1, -0.05) is 0 Å². The van der Waals surface area contributed by atoms with E-state index in [1.165, 1.54) is 0 Å².